The van der Waals surface area contributed by atoms with Crippen LogP contribution in [0.5, 0.6) is 0 Å². The first kappa shape index (κ1) is 18.5. The molecular weight excluding hydrogens is 356 g/mol. The van der Waals surface area contributed by atoms with E-state index in [1.165, 1.54) is 37.9 Å². The molecule has 2 aliphatic rings. The Bertz CT molecular complexity index is 874. The van der Waals surface area contributed by atoms with Crippen LogP contribution >= 0.6 is 0 Å². The van der Waals surface area contributed by atoms with E-state index in [9.17, 15) is 8.42 Å². The van der Waals surface area contributed by atoms with Crippen LogP contribution < -0.4 is 5.32 Å². The molecule has 2 aromatic carbocycles. The molecule has 2 heterocycles. The first-order valence-electron chi connectivity index (χ1n) is 10.0. The van der Waals surface area contributed by atoms with Gasteiger partial charge in [-0.25, -0.2) is 8.42 Å². The van der Waals surface area contributed by atoms with Crippen LogP contribution in [0.3, 0.4) is 0 Å². The monoisotopic (exact) mass is 384 g/mol. The van der Waals surface area contributed by atoms with E-state index in [4.69, 9.17) is 0 Å². The van der Waals surface area contributed by atoms with E-state index < -0.39 is 15.1 Å². The van der Waals surface area contributed by atoms with Crippen molar-refractivity contribution in [2.45, 2.75) is 42.2 Å². The summed E-state index contributed by atoms with van der Waals surface area (Å²) in [5, 5.41) is 2.82. The van der Waals surface area contributed by atoms with Crippen LogP contribution in [0.1, 0.15) is 42.1 Å². The maximum absolute atomic E-state index is 13.2. The average Bonchev–Trinajstić information content (AvgIpc) is 3.15. The lowest BCUT2D eigenvalue weighted by atomic mass is 10.00. The predicted molar refractivity (Wildman–Crippen MR) is 110 cm³/mol. The highest BCUT2D eigenvalue weighted by atomic mass is 32.2. The number of sulfone groups is 1. The number of aryl methyl sites for hydroxylation is 1. The minimum atomic E-state index is -3.39. The quantitative estimate of drug-likeness (QED) is 0.816. The van der Waals surface area contributed by atoms with Crippen LogP contribution in [0, 0.1) is 0 Å². The minimum absolute atomic E-state index is 0.410. The number of benzene rings is 2. The van der Waals surface area contributed by atoms with Crippen LogP contribution in [-0.2, 0) is 16.3 Å². The van der Waals surface area contributed by atoms with Gasteiger partial charge >= 0.3 is 0 Å². The van der Waals surface area contributed by atoms with Crippen molar-refractivity contribution < 1.29 is 8.42 Å². The molecule has 2 aromatic rings. The van der Waals surface area contributed by atoms with E-state index in [1.807, 2.05) is 18.2 Å². The molecule has 4 rings (SSSR count). The van der Waals surface area contributed by atoms with E-state index >= 15 is 0 Å². The fraction of sp³-hybridized carbons (Fsp3) is 0.455. The lowest BCUT2D eigenvalue weighted by molar-refractivity contribution is 0.226. The molecule has 0 saturated carbocycles. The van der Waals surface area contributed by atoms with E-state index in [0.717, 1.165) is 30.6 Å². The summed E-state index contributed by atoms with van der Waals surface area (Å²) in [5.41, 5.74) is 3.15. The van der Waals surface area contributed by atoms with Gasteiger partial charge in [-0.15, -0.1) is 0 Å². The van der Waals surface area contributed by atoms with E-state index in [2.05, 4.69) is 16.3 Å². The summed E-state index contributed by atoms with van der Waals surface area (Å²) in [6.07, 6.45) is 5.98. The maximum atomic E-state index is 13.2. The van der Waals surface area contributed by atoms with E-state index in [-0.39, 0.29) is 0 Å². The highest BCUT2D eigenvalue weighted by Crippen LogP contribution is 2.40. The van der Waals surface area contributed by atoms with Gasteiger partial charge in [-0.1, -0.05) is 36.8 Å². The second kappa shape index (κ2) is 8.03. The van der Waals surface area contributed by atoms with Crippen molar-refractivity contribution in [1.82, 2.24) is 4.90 Å². The van der Waals surface area contributed by atoms with Crippen molar-refractivity contribution in [2.24, 2.45) is 0 Å². The molecule has 27 heavy (non-hydrogen) atoms. The Hall–Kier alpha value is -1.85. The number of piperidine rings is 1. The van der Waals surface area contributed by atoms with Gasteiger partial charge in [0.2, 0.25) is 0 Å². The largest absolute Gasteiger partial charge is 0.383 e. The summed E-state index contributed by atoms with van der Waals surface area (Å²) in [7, 11) is -3.39. The zero-order valence-electron chi connectivity index (χ0n) is 15.7. The SMILES string of the molecule is O=S(=O)(c1ccccc1)C1CNc2cccc(CCCN3CCCCC3)c21. The molecule has 1 N–H and O–H groups in total. The lowest BCUT2D eigenvalue weighted by Gasteiger charge is -2.26. The molecule has 0 amide bonds. The fourth-order valence-electron chi connectivity index (χ4n) is 4.39. The number of fused-ring (bicyclic) bond motifs is 1. The normalized spacial score (nSPS) is 20.2. The Balaban J connectivity index is 1.53. The molecule has 0 aromatic heterocycles. The third-order valence-corrected chi connectivity index (χ3v) is 7.89. The molecule has 1 fully saturated rings. The number of nitrogens with zero attached hydrogens (tertiary/aromatic N) is 1. The average molecular weight is 385 g/mol. The van der Waals surface area contributed by atoms with Gasteiger partial charge in [-0.3, -0.25) is 0 Å². The van der Waals surface area contributed by atoms with Crippen LogP contribution in [-0.4, -0.2) is 39.5 Å². The van der Waals surface area contributed by atoms with Crippen molar-refractivity contribution in [3.63, 3.8) is 0 Å². The van der Waals surface area contributed by atoms with Crippen LogP contribution in [0.4, 0.5) is 5.69 Å². The zero-order valence-corrected chi connectivity index (χ0v) is 16.5. The molecule has 1 atom stereocenters. The third kappa shape index (κ3) is 3.90. The Kier molecular flexibility index (Phi) is 5.50. The molecule has 0 aliphatic carbocycles. The smallest absolute Gasteiger partial charge is 0.187 e. The summed E-state index contributed by atoms with van der Waals surface area (Å²) in [6.45, 7) is 3.97. The van der Waals surface area contributed by atoms with Gasteiger partial charge in [-0.2, -0.15) is 0 Å². The zero-order chi connectivity index (χ0) is 18.7. The van der Waals surface area contributed by atoms with Gasteiger partial charge < -0.3 is 10.2 Å². The molecule has 144 valence electrons. The first-order chi connectivity index (χ1) is 13.2. The number of nitrogens with one attached hydrogen (secondary N) is 1. The van der Waals surface area contributed by atoms with Crippen LogP contribution in [0.25, 0.3) is 0 Å². The van der Waals surface area contributed by atoms with Crippen molar-refractivity contribution in [3.8, 4) is 0 Å². The topological polar surface area (TPSA) is 49.4 Å². The molecular formula is C22H28N2O2S. The van der Waals surface area contributed by atoms with Crippen molar-refractivity contribution >= 4 is 15.5 Å². The lowest BCUT2D eigenvalue weighted by Crippen LogP contribution is -2.30. The highest BCUT2D eigenvalue weighted by Gasteiger charge is 2.36. The van der Waals surface area contributed by atoms with Crippen molar-refractivity contribution in [1.29, 1.82) is 0 Å². The van der Waals surface area contributed by atoms with E-state index in [1.54, 1.807) is 24.3 Å². The van der Waals surface area contributed by atoms with Crippen molar-refractivity contribution in [3.05, 3.63) is 59.7 Å². The standard InChI is InChI=1S/C22H28N2O2S/c25-27(26,19-11-3-1-4-12-19)21-17-23-20-13-7-9-18(22(20)21)10-8-16-24-14-5-2-6-15-24/h1,3-4,7,9,11-13,21,23H,2,5-6,8,10,14-17H2. The van der Waals surface area contributed by atoms with Crippen LogP contribution in [0.15, 0.2) is 53.4 Å². The fourth-order valence-corrected chi connectivity index (χ4v) is 6.14. The predicted octanol–water partition coefficient (Wildman–Crippen LogP) is 4.05. The number of likely N-dealkylation sites (tertiary alicyclic amines) is 1. The molecule has 5 heteroatoms. The van der Waals surface area contributed by atoms with Gasteiger partial charge in [0, 0.05) is 12.2 Å². The minimum Gasteiger partial charge on any atom is -0.383 e. The van der Waals surface area contributed by atoms with Gasteiger partial charge in [0.25, 0.3) is 0 Å². The highest BCUT2D eigenvalue weighted by molar-refractivity contribution is 7.91. The summed E-state index contributed by atoms with van der Waals surface area (Å²) < 4.78 is 26.4. The van der Waals surface area contributed by atoms with E-state index in [0.29, 0.717) is 11.4 Å². The van der Waals surface area contributed by atoms with Gasteiger partial charge in [0.1, 0.15) is 5.25 Å². The molecule has 1 saturated heterocycles. The number of anilines is 1. The number of rotatable bonds is 6. The molecule has 1 unspecified atom stereocenters. The molecule has 4 nitrogen and oxygen atoms in total. The third-order valence-electron chi connectivity index (χ3n) is 5.81. The van der Waals surface area contributed by atoms with Crippen molar-refractivity contribution in [2.75, 3.05) is 31.5 Å². The van der Waals surface area contributed by atoms with Crippen LogP contribution in [0.2, 0.25) is 0 Å². The molecule has 0 radical (unpaired) electrons. The Morgan fingerprint density at radius 2 is 1.74 bits per heavy atom. The Labute approximate surface area is 162 Å². The van der Waals surface area contributed by atoms with Gasteiger partial charge in [0.05, 0.1) is 4.90 Å². The first-order valence-corrected chi connectivity index (χ1v) is 11.6. The van der Waals surface area contributed by atoms with Gasteiger partial charge in [0.15, 0.2) is 9.84 Å². The molecule has 0 spiro atoms. The Morgan fingerprint density at radius 3 is 2.52 bits per heavy atom. The van der Waals surface area contributed by atoms with Gasteiger partial charge in [-0.05, 0) is 74.6 Å². The Morgan fingerprint density at radius 1 is 0.963 bits per heavy atom. The second-order valence-electron chi connectivity index (χ2n) is 7.61. The number of hydrogen-bond donors (Lipinski definition) is 1. The number of hydrogen-bond acceptors (Lipinski definition) is 4. The summed E-state index contributed by atoms with van der Waals surface area (Å²) in [4.78, 5) is 2.95. The summed E-state index contributed by atoms with van der Waals surface area (Å²) in [6, 6.07) is 15.0. The summed E-state index contributed by atoms with van der Waals surface area (Å²) in [5.74, 6) is 0. The molecule has 0 bridgehead atoms. The summed E-state index contributed by atoms with van der Waals surface area (Å²) >= 11 is 0. The molecule has 2 aliphatic heterocycles. The maximum Gasteiger partial charge on any atom is 0.187 e. The second-order valence-corrected chi connectivity index (χ2v) is 9.74.